The van der Waals surface area contributed by atoms with Crippen LogP contribution in [0, 0.1) is 0 Å². The Morgan fingerprint density at radius 3 is 1.44 bits per heavy atom. The van der Waals surface area contributed by atoms with Crippen LogP contribution >= 0.6 is 0 Å². The van der Waals surface area contributed by atoms with E-state index in [4.69, 9.17) is 19.4 Å². The van der Waals surface area contributed by atoms with Gasteiger partial charge in [-0.2, -0.15) is 0 Å². The van der Waals surface area contributed by atoms with Gasteiger partial charge in [0.05, 0.1) is 27.8 Å². The van der Waals surface area contributed by atoms with E-state index in [1.165, 1.54) is 43.5 Å². The summed E-state index contributed by atoms with van der Waals surface area (Å²) in [7, 11) is 13.3. The standard InChI is InChI=1S/C51H37B6N5O/c52-40-37-38-41(53)44(56)45(57)46(48(38)63-47(37)43(55)39(42(40)54)51-59-49(26-14-4-1-5-15-26)58-50(60-51)27-16-6-2-7-17-27)62-34-23-13-11-21-30(34)32-24-31-29-20-10-12-22-33(29)61(35(31)25-36(32)62)28-18-8-3-9-19-28/h1-25H,52-57H2. The molecule has 8 aromatic carbocycles. The molecule has 0 N–H and O–H groups in total. The van der Waals surface area contributed by atoms with Gasteiger partial charge >= 0.3 is 0 Å². The summed E-state index contributed by atoms with van der Waals surface area (Å²) < 4.78 is 12.3. The summed E-state index contributed by atoms with van der Waals surface area (Å²) >= 11 is 0. The summed E-state index contributed by atoms with van der Waals surface area (Å²) in [5, 5.41) is 7.16. The van der Waals surface area contributed by atoms with Gasteiger partial charge in [-0.05, 0) is 41.9 Å². The number of para-hydroxylation sites is 3. The number of hydrogen-bond donors (Lipinski definition) is 0. The predicted molar refractivity (Wildman–Crippen MR) is 281 cm³/mol. The summed E-state index contributed by atoms with van der Waals surface area (Å²) in [4.78, 5) is 15.4. The monoisotopic (exact) mass is 801 g/mol. The Hall–Kier alpha value is -7.44. The molecule has 0 spiro atoms. The molecule has 0 saturated carbocycles. The summed E-state index contributed by atoms with van der Waals surface area (Å²) in [6.07, 6.45) is 0. The molecule has 0 radical (unpaired) electrons. The lowest BCUT2D eigenvalue weighted by molar-refractivity contribution is 0.670. The van der Waals surface area contributed by atoms with Crippen molar-refractivity contribution in [1.82, 2.24) is 24.1 Å². The van der Waals surface area contributed by atoms with Crippen LogP contribution in [0.3, 0.4) is 0 Å². The molecule has 0 atom stereocenters. The van der Waals surface area contributed by atoms with Crippen LogP contribution in [0.25, 0.3) is 111 Å². The quantitative estimate of drug-likeness (QED) is 0.252. The van der Waals surface area contributed by atoms with Gasteiger partial charge < -0.3 is 13.6 Å². The minimum atomic E-state index is 0.632. The highest BCUT2D eigenvalue weighted by molar-refractivity contribution is 6.65. The zero-order chi connectivity index (χ0) is 42.7. The van der Waals surface area contributed by atoms with Crippen LogP contribution in [-0.2, 0) is 0 Å². The van der Waals surface area contributed by atoms with Crippen molar-refractivity contribution >= 4 is 145 Å². The molecule has 63 heavy (non-hydrogen) atoms. The van der Waals surface area contributed by atoms with E-state index in [2.05, 4.69) is 171 Å². The van der Waals surface area contributed by atoms with Crippen molar-refractivity contribution in [2.45, 2.75) is 0 Å². The van der Waals surface area contributed by atoms with Gasteiger partial charge in [0, 0.05) is 54.7 Å². The van der Waals surface area contributed by atoms with Crippen molar-refractivity contribution < 1.29 is 4.42 Å². The molecule has 290 valence electrons. The molecule has 4 heterocycles. The van der Waals surface area contributed by atoms with E-state index in [1.54, 1.807) is 0 Å². The fourth-order valence-corrected chi connectivity index (χ4v) is 10.2. The second kappa shape index (κ2) is 14.0. The first-order valence-electron chi connectivity index (χ1n) is 21.6. The smallest absolute Gasteiger partial charge is 0.164 e. The second-order valence-corrected chi connectivity index (χ2v) is 16.9. The molecule has 0 fully saturated rings. The van der Waals surface area contributed by atoms with E-state index in [1.807, 2.05) is 36.4 Å². The van der Waals surface area contributed by atoms with Gasteiger partial charge in [0.2, 0.25) is 0 Å². The van der Waals surface area contributed by atoms with Crippen molar-refractivity contribution in [2.24, 2.45) is 0 Å². The van der Waals surface area contributed by atoms with Crippen molar-refractivity contribution in [3.8, 4) is 45.5 Å². The molecule has 0 unspecified atom stereocenters. The molecule has 12 heteroatoms. The van der Waals surface area contributed by atoms with Crippen LogP contribution in [0.2, 0.25) is 0 Å². The lowest BCUT2D eigenvalue weighted by atomic mass is 9.67. The van der Waals surface area contributed by atoms with Crippen LogP contribution in [0.15, 0.2) is 156 Å². The minimum Gasteiger partial charge on any atom is -0.454 e. The maximum absolute atomic E-state index is 7.41. The van der Waals surface area contributed by atoms with Crippen molar-refractivity contribution in [3.05, 3.63) is 152 Å². The molecule has 0 aliphatic heterocycles. The lowest BCUT2D eigenvalue weighted by Crippen LogP contribution is -2.42. The van der Waals surface area contributed by atoms with E-state index in [0.717, 1.165) is 82.9 Å². The van der Waals surface area contributed by atoms with Gasteiger partial charge in [-0.15, -0.1) is 0 Å². The first-order chi connectivity index (χ1) is 30.8. The Morgan fingerprint density at radius 2 is 0.841 bits per heavy atom. The molecular formula is C51H37B6N5O. The molecule has 12 rings (SSSR count). The van der Waals surface area contributed by atoms with E-state index < -0.39 is 0 Å². The number of hydrogen-bond acceptors (Lipinski definition) is 4. The third-order valence-electron chi connectivity index (χ3n) is 13.6. The van der Waals surface area contributed by atoms with E-state index in [-0.39, 0.29) is 0 Å². The van der Waals surface area contributed by atoms with E-state index in [9.17, 15) is 0 Å². The number of fused-ring (bicyclic) bond motifs is 9. The van der Waals surface area contributed by atoms with E-state index >= 15 is 0 Å². The molecule has 0 amide bonds. The Morgan fingerprint density at radius 1 is 0.365 bits per heavy atom. The number of nitrogens with zero attached hydrogens (tertiary/aromatic N) is 5. The lowest BCUT2D eigenvalue weighted by Gasteiger charge is -2.18. The first-order valence-corrected chi connectivity index (χ1v) is 21.6. The maximum Gasteiger partial charge on any atom is 0.164 e. The molecule has 0 aliphatic carbocycles. The van der Waals surface area contributed by atoms with Crippen LogP contribution in [0.5, 0.6) is 0 Å². The fourth-order valence-electron chi connectivity index (χ4n) is 10.2. The predicted octanol–water partition coefficient (Wildman–Crippen LogP) is 2.52. The fraction of sp³-hybridized carbons (Fsp3) is 0. The Bertz CT molecular complexity index is 3810. The molecule has 0 saturated heterocycles. The number of furan rings is 1. The van der Waals surface area contributed by atoms with Crippen LogP contribution in [-0.4, -0.2) is 71.2 Å². The highest BCUT2D eigenvalue weighted by Crippen LogP contribution is 2.41. The SMILES string of the molecule is Bc1c(B)c(B)c2c(oc3c(B)c(-c4nc(-c5ccccc5)nc(-c5ccccc5)n4)c(B)c(B)c32)c1-n1c2ccccc2c2cc3c4ccccc4n(-c4ccccc4)c3cc21. The van der Waals surface area contributed by atoms with Gasteiger partial charge in [0.25, 0.3) is 0 Å². The van der Waals surface area contributed by atoms with Crippen LogP contribution in [0.4, 0.5) is 0 Å². The number of aromatic nitrogens is 5. The average Bonchev–Trinajstić information content (AvgIpc) is 3.99. The summed E-state index contributed by atoms with van der Waals surface area (Å²) in [5.74, 6) is 1.90. The van der Waals surface area contributed by atoms with Crippen LogP contribution < -0.4 is 32.8 Å². The third kappa shape index (κ3) is 5.43. The van der Waals surface area contributed by atoms with Gasteiger partial charge in [0.1, 0.15) is 52.7 Å². The summed E-state index contributed by atoms with van der Waals surface area (Å²) in [5.41, 5.74) is 18.4. The highest BCUT2D eigenvalue weighted by Gasteiger charge is 2.28. The van der Waals surface area contributed by atoms with Crippen molar-refractivity contribution in [1.29, 1.82) is 0 Å². The first kappa shape index (κ1) is 37.3. The Balaban J connectivity index is 1.18. The molecule has 12 aromatic rings. The number of benzene rings is 8. The Labute approximate surface area is 369 Å². The van der Waals surface area contributed by atoms with Crippen molar-refractivity contribution in [3.63, 3.8) is 0 Å². The van der Waals surface area contributed by atoms with Crippen LogP contribution in [0.1, 0.15) is 0 Å². The molecule has 0 bridgehead atoms. The Kier molecular flexibility index (Phi) is 8.32. The van der Waals surface area contributed by atoms with Gasteiger partial charge in [0.15, 0.2) is 23.1 Å². The van der Waals surface area contributed by atoms with Gasteiger partial charge in [-0.3, -0.25) is 0 Å². The maximum atomic E-state index is 7.41. The highest BCUT2D eigenvalue weighted by atomic mass is 16.3. The second-order valence-electron chi connectivity index (χ2n) is 16.9. The summed E-state index contributed by atoms with van der Waals surface area (Å²) in [6.45, 7) is 0. The molecular weight excluding hydrogens is 763 g/mol. The summed E-state index contributed by atoms with van der Waals surface area (Å²) in [6, 6.07) is 53.4. The minimum absolute atomic E-state index is 0.632. The number of rotatable bonds is 5. The topological polar surface area (TPSA) is 61.7 Å². The average molecular weight is 801 g/mol. The molecule has 0 aliphatic rings. The zero-order valence-corrected chi connectivity index (χ0v) is 36.1. The normalized spacial score (nSPS) is 11.9. The van der Waals surface area contributed by atoms with Crippen molar-refractivity contribution in [2.75, 3.05) is 0 Å². The third-order valence-corrected chi connectivity index (χ3v) is 13.6. The zero-order valence-electron chi connectivity index (χ0n) is 36.1. The van der Waals surface area contributed by atoms with E-state index in [0.29, 0.717) is 17.5 Å². The molecule has 4 aromatic heterocycles. The van der Waals surface area contributed by atoms with Gasteiger partial charge in [-0.1, -0.05) is 143 Å². The molecule has 6 nitrogen and oxygen atoms in total. The van der Waals surface area contributed by atoms with Gasteiger partial charge in [-0.25, -0.2) is 15.0 Å². The largest absolute Gasteiger partial charge is 0.454 e.